The zero-order chi connectivity index (χ0) is 10.8. The number of pyridine rings is 1. The topological polar surface area (TPSA) is 53.4 Å². The van der Waals surface area contributed by atoms with Crippen LogP contribution in [-0.4, -0.2) is 23.2 Å². The molecule has 0 atom stereocenters. The molecule has 4 heteroatoms. The fraction of sp³-hybridized carbons (Fsp3) is 0.0909. The Bertz CT molecular complexity index is 511. The second-order valence-electron chi connectivity index (χ2n) is 3.20. The number of anilines is 1. The molecule has 1 N–H and O–H groups in total. The SMILES string of the molecule is CN(C(=O)O)c1ccc2ccccc2n1. The molecular formula is C11H10N2O2. The van der Waals surface area contributed by atoms with E-state index >= 15 is 0 Å². The van der Waals surface area contributed by atoms with E-state index in [4.69, 9.17) is 5.11 Å². The third kappa shape index (κ3) is 1.74. The first-order valence-corrected chi connectivity index (χ1v) is 4.51. The van der Waals surface area contributed by atoms with E-state index in [-0.39, 0.29) is 0 Å². The molecule has 2 aromatic rings. The Hall–Kier alpha value is -2.10. The van der Waals surface area contributed by atoms with Crippen LogP contribution in [0.15, 0.2) is 36.4 Å². The zero-order valence-corrected chi connectivity index (χ0v) is 8.21. The van der Waals surface area contributed by atoms with Crippen molar-refractivity contribution >= 4 is 22.8 Å². The van der Waals surface area contributed by atoms with E-state index in [0.29, 0.717) is 5.82 Å². The van der Waals surface area contributed by atoms with E-state index in [1.807, 2.05) is 30.3 Å². The number of rotatable bonds is 1. The molecule has 0 aliphatic carbocycles. The van der Waals surface area contributed by atoms with Crippen LogP contribution in [0.25, 0.3) is 10.9 Å². The number of nitrogens with zero attached hydrogens (tertiary/aromatic N) is 2. The van der Waals surface area contributed by atoms with Gasteiger partial charge in [0.05, 0.1) is 5.52 Å². The lowest BCUT2D eigenvalue weighted by Crippen LogP contribution is -2.24. The van der Waals surface area contributed by atoms with Crippen molar-refractivity contribution in [2.75, 3.05) is 11.9 Å². The number of benzene rings is 1. The van der Waals surface area contributed by atoms with Crippen molar-refractivity contribution < 1.29 is 9.90 Å². The van der Waals surface area contributed by atoms with E-state index in [1.165, 1.54) is 7.05 Å². The lowest BCUT2D eigenvalue weighted by molar-refractivity contribution is 0.203. The van der Waals surface area contributed by atoms with Crippen LogP contribution in [-0.2, 0) is 0 Å². The summed E-state index contributed by atoms with van der Waals surface area (Å²) in [7, 11) is 1.47. The van der Waals surface area contributed by atoms with Gasteiger partial charge in [-0.15, -0.1) is 0 Å². The second kappa shape index (κ2) is 3.57. The van der Waals surface area contributed by atoms with Gasteiger partial charge in [0, 0.05) is 12.4 Å². The summed E-state index contributed by atoms with van der Waals surface area (Å²) < 4.78 is 0. The van der Waals surface area contributed by atoms with Crippen LogP contribution < -0.4 is 4.90 Å². The van der Waals surface area contributed by atoms with Gasteiger partial charge < -0.3 is 5.11 Å². The highest BCUT2D eigenvalue weighted by Crippen LogP contribution is 2.16. The van der Waals surface area contributed by atoms with Gasteiger partial charge in [-0.2, -0.15) is 0 Å². The summed E-state index contributed by atoms with van der Waals surface area (Å²) in [5, 5.41) is 9.79. The van der Waals surface area contributed by atoms with E-state index in [1.54, 1.807) is 6.07 Å². The fourth-order valence-corrected chi connectivity index (χ4v) is 1.34. The van der Waals surface area contributed by atoms with Crippen molar-refractivity contribution in [2.24, 2.45) is 0 Å². The standard InChI is InChI=1S/C11H10N2O2/c1-13(11(14)15)10-7-6-8-4-2-3-5-9(8)12-10/h2-7H,1H3,(H,14,15). The number of hydrogen-bond donors (Lipinski definition) is 1. The molecule has 4 nitrogen and oxygen atoms in total. The Morgan fingerprint density at radius 1 is 1.27 bits per heavy atom. The lowest BCUT2D eigenvalue weighted by Gasteiger charge is -2.11. The predicted octanol–water partition coefficient (Wildman–Crippen LogP) is 2.35. The quantitative estimate of drug-likeness (QED) is 0.772. The van der Waals surface area contributed by atoms with Gasteiger partial charge in [-0.3, -0.25) is 4.90 Å². The van der Waals surface area contributed by atoms with Crippen LogP contribution in [0.3, 0.4) is 0 Å². The van der Waals surface area contributed by atoms with Gasteiger partial charge >= 0.3 is 6.09 Å². The largest absolute Gasteiger partial charge is 0.465 e. The molecule has 1 aromatic heterocycles. The van der Waals surface area contributed by atoms with Crippen molar-refractivity contribution in [3.8, 4) is 0 Å². The molecule has 1 heterocycles. The molecule has 2 rings (SSSR count). The molecule has 0 aliphatic rings. The normalized spacial score (nSPS) is 10.2. The number of aromatic nitrogens is 1. The van der Waals surface area contributed by atoms with E-state index in [9.17, 15) is 4.79 Å². The number of hydrogen-bond acceptors (Lipinski definition) is 2. The van der Waals surface area contributed by atoms with Crippen LogP contribution in [0.1, 0.15) is 0 Å². The van der Waals surface area contributed by atoms with Crippen LogP contribution >= 0.6 is 0 Å². The van der Waals surface area contributed by atoms with E-state index in [0.717, 1.165) is 15.8 Å². The molecule has 0 aliphatic heterocycles. The lowest BCUT2D eigenvalue weighted by atomic mass is 10.2. The van der Waals surface area contributed by atoms with Crippen LogP contribution in [0.4, 0.5) is 10.6 Å². The smallest absolute Gasteiger partial charge is 0.412 e. The molecule has 0 saturated heterocycles. The average molecular weight is 202 g/mol. The van der Waals surface area contributed by atoms with Crippen molar-refractivity contribution in [1.29, 1.82) is 0 Å². The summed E-state index contributed by atoms with van der Waals surface area (Å²) >= 11 is 0. The molecule has 0 saturated carbocycles. The van der Waals surface area contributed by atoms with Gasteiger partial charge in [0.25, 0.3) is 0 Å². The molecule has 1 aromatic carbocycles. The van der Waals surface area contributed by atoms with Crippen LogP contribution in [0.5, 0.6) is 0 Å². The maximum absolute atomic E-state index is 10.7. The maximum atomic E-state index is 10.7. The van der Waals surface area contributed by atoms with Crippen molar-refractivity contribution in [2.45, 2.75) is 0 Å². The molecule has 76 valence electrons. The Labute approximate surface area is 86.8 Å². The number of carboxylic acid groups (broad SMARTS) is 1. The number of fused-ring (bicyclic) bond motifs is 1. The number of amides is 1. The van der Waals surface area contributed by atoms with Gasteiger partial charge in [-0.05, 0) is 18.2 Å². The van der Waals surface area contributed by atoms with Crippen molar-refractivity contribution in [3.63, 3.8) is 0 Å². The summed E-state index contributed by atoms with van der Waals surface area (Å²) in [6.45, 7) is 0. The molecule has 0 bridgehead atoms. The van der Waals surface area contributed by atoms with Gasteiger partial charge in [-0.1, -0.05) is 18.2 Å². The summed E-state index contributed by atoms with van der Waals surface area (Å²) in [4.78, 5) is 16.1. The third-order valence-corrected chi connectivity index (χ3v) is 2.21. The van der Waals surface area contributed by atoms with E-state index < -0.39 is 6.09 Å². The van der Waals surface area contributed by atoms with Gasteiger partial charge in [0.2, 0.25) is 0 Å². The van der Waals surface area contributed by atoms with Crippen molar-refractivity contribution in [1.82, 2.24) is 4.98 Å². The Morgan fingerprint density at radius 3 is 2.73 bits per heavy atom. The van der Waals surface area contributed by atoms with Crippen molar-refractivity contribution in [3.05, 3.63) is 36.4 Å². The van der Waals surface area contributed by atoms with Crippen LogP contribution in [0, 0.1) is 0 Å². The highest BCUT2D eigenvalue weighted by atomic mass is 16.4. The first-order valence-electron chi connectivity index (χ1n) is 4.51. The summed E-state index contributed by atoms with van der Waals surface area (Å²) in [5.41, 5.74) is 0.795. The first-order chi connectivity index (χ1) is 7.18. The molecule has 15 heavy (non-hydrogen) atoms. The maximum Gasteiger partial charge on any atom is 0.412 e. The number of carbonyl (C=O) groups is 1. The minimum absolute atomic E-state index is 0.432. The fourth-order valence-electron chi connectivity index (χ4n) is 1.34. The monoisotopic (exact) mass is 202 g/mol. The van der Waals surface area contributed by atoms with Gasteiger partial charge in [0.15, 0.2) is 0 Å². The van der Waals surface area contributed by atoms with Crippen LogP contribution in [0.2, 0.25) is 0 Å². The Morgan fingerprint density at radius 2 is 2.00 bits per heavy atom. The molecule has 0 radical (unpaired) electrons. The van der Waals surface area contributed by atoms with E-state index in [2.05, 4.69) is 4.98 Å². The highest BCUT2D eigenvalue weighted by molar-refractivity contribution is 5.87. The third-order valence-electron chi connectivity index (χ3n) is 2.21. The molecule has 0 spiro atoms. The number of para-hydroxylation sites is 1. The molecular weight excluding hydrogens is 192 g/mol. The van der Waals surface area contributed by atoms with Gasteiger partial charge in [0.1, 0.15) is 5.82 Å². The zero-order valence-electron chi connectivity index (χ0n) is 8.21. The minimum Gasteiger partial charge on any atom is -0.465 e. The molecule has 0 fully saturated rings. The summed E-state index contributed by atoms with van der Waals surface area (Å²) in [6.07, 6.45) is -1.02. The van der Waals surface area contributed by atoms with Gasteiger partial charge in [-0.25, -0.2) is 9.78 Å². The Balaban J connectivity index is 2.51. The summed E-state index contributed by atoms with van der Waals surface area (Å²) in [5.74, 6) is 0.432. The Kier molecular flexibility index (Phi) is 2.25. The summed E-state index contributed by atoms with van der Waals surface area (Å²) in [6, 6.07) is 11.1. The second-order valence-corrected chi connectivity index (χ2v) is 3.20. The first kappa shape index (κ1) is 9.45. The predicted molar refractivity (Wildman–Crippen MR) is 58.2 cm³/mol. The average Bonchev–Trinajstić information content (AvgIpc) is 2.27. The molecule has 1 amide bonds. The minimum atomic E-state index is -1.02. The highest BCUT2D eigenvalue weighted by Gasteiger charge is 2.09. The molecule has 0 unspecified atom stereocenters.